The molecule has 0 aromatic heterocycles. The average molecular weight is 211 g/mol. The fourth-order valence-electron chi connectivity index (χ4n) is 1.24. The zero-order valence-electron chi connectivity index (χ0n) is 8.73. The molecule has 0 fully saturated rings. The van der Waals surface area contributed by atoms with Crippen LogP contribution in [0.2, 0.25) is 0 Å². The third-order valence-corrected chi connectivity index (χ3v) is 1.84. The summed E-state index contributed by atoms with van der Waals surface area (Å²) in [6.45, 7) is 2.14. The molecular formula is C10H13NO4. The highest BCUT2D eigenvalue weighted by Crippen LogP contribution is 2.28. The standard InChI is InChI=1S/C10H13NO4/c1-3-15-10-6-8(7-11(12)13)4-5-9(10)14-2/h4-6H,3,7H2,1-2H3. The second-order valence-electron chi connectivity index (χ2n) is 2.91. The number of hydrogen-bond acceptors (Lipinski definition) is 4. The summed E-state index contributed by atoms with van der Waals surface area (Å²) >= 11 is 0. The van der Waals surface area contributed by atoms with Gasteiger partial charge >= 0.3 is 0 Å². The monoisotopic (exact) mass is 211 g/mol. The van der Waals surface area contributed by atoms with Crippen molar-refractivity contribution in [3.63, 3.8) is 0 Å². The predicted octanol–water partition coefficient (Wildman–Crippen LogP) is 1.87. The van der Waals surface area contributed by atoms with Crippen molar-refractivity contribution in [3.05, 3.63) is 33.9 Å². The molecule has 0 aliphatic rings. The van der Waals surface area contributed by atoms with Crippen molar-refractivity contribution in [2.24, 2.45) is 0 Å². The van der Waals surface area contributed by atoms with Crippen LogP contribution in [0.3, 0.4) is 0 Å². The third kappa shape index (κ3) is 3.12. The smallest absolute Gasteiger partial charge is 0.229 e. The van der Waals surface area contributed by atoms with Gasteiger partial charge in [0.05, 0.1) is 13.7 Å². The normalized spacial score (nSPS) is 9.73. The van der Waals surface area contributed by atoms with E-state index in [9.17, 15) is 10.1 Å². The Morgan fingerprint density at radius 1 is 1.40 bits per heavy atom. The minimum absolute atomic E-state index is 0.204. The summed E-state index contributed by atoms with van der Waals surface area (Å²) in [4.78, 5) is 9.95. The summed E-state index contributed by atoms with van der Waals surface area (Å²) in [5.74, 6) is 1.13. The Morgan fingerprint density at radius 2 is 2.13 bits per heavy atom. The second kappa shape index (κ2) is 5.19. The Labute approximate surface area is 87.8 Å². The van der Waals surface area contributed by atoms with E-state index >= 15 is 0 Å². The second-order valence-corrected chi connectivity index (χ2v) is 2.91. The molecule has 0 amide bonds. The van der Waals surface area contributed by atoms with E-state index in [-0.39, 0.29) is 11.5 Å². The van der Waals surface area contributed by atoms with E-state index in [4.69, 9.17) is 9.47 Å². The fourth-order valence-corrected chi connectivity index (χ4v) is 1.24. The number of nitro groups is 1. The lowest BCUT2D eigenvalue weighted by Gasteiger charge is -2.09. The third-order valence-electron chi connectivity index (χ3n) is 1.84. The van der Waals surface area contributed by atoms with Gasteiger partial charge in [-0.25, -0.2) is 0 Å². The Balaban J connectivity index is 2.93. The summed E-state index contributed by atoms with van der Waals surface area (Å²) < 4.78 is 10.4. The van der Waals surface area contributed by atoms with Crippen molar-refractivity contribution in [2.75, 3.05) is 13.7 Å². The highest BCUT2D eigenvalue weighted by atomic mass is 16.6. The van der Waals surface area contributed by atoms with Gasteiger partial charge in [-0.3, -0.25) is 10.1 Å². The number of hydrogen-bond donors (Lipinski definition) is 0. The topological polar surface area (TPSA) is 61.6 Å². The maximum absolute atomic E-state index is 10.3. The van der Waals surface area contributed by atoms with Gasteiger partial charge < -0.3 is 9.47 Å². The molecule has 1 aromatic rings. The van der Waals surface area contributed by atoms with Gasteiger partial charge in [0.2, 0.25) is 6.54 Å². The van der Waals surface area contributed by atoms with Crippen LogP contribution in [0.25, 0.3) is 0 Å². The highest BCUT2D eigenvalue weighted by molar-refractivity contribution is 5.42. The first-order chi connectivity index (χ1) is 7.17. The van der Waals surface area contributed by atoms with Gasteiger partial charge in [0.25, 0.3) is 0 Å². The summed E-state index contributed by atoms with van der Waals surface area (Å²) in [6, 6.07) is 4.96. The lowest BCUT2D eigenvalue weighted by molar-refractivity contribution is -0.496. The quantitative estimate of drug-likeness (QED) is 0.551. The van der Waals surface area contributed by atoms with Crippen molar-refractivity contribution in [1.82, 2.24) is 0 Å². The SMILES string of the molecule is CCOc1cc(C[N+](=O)[O-])ccc1OC. The Kier molecular flexibility index (Phi) is 3.91. The van der Waals surface area contributed by atoms with Crippen LogP contribution < -0.4 is 9.47 Å². The molecule has 0 heterocycles. The molecule has 1 aromatic carbocycles. The summed E-state index contributed by atoms with van der Waals surface area (Å²) in [7, 11) is 1.53. The molecular weight excluding hydrogens is 198 g/mol. The van der Waals surface area contributed by atoms with Crippen molar-refractivity contribution >= 4 is 0 Å². The Bertz CT molecular complexity index is 351. The van der Waals surface area contributed by atoms with E-state index < -0.39 is 0 Å². The zero-order chi connectivity index (χ0) is 11.3. The highest BCUT2D eigenvalue weighted by Gasteiger charge is 2.08. The lowest BCUT2D eigenvalue weighted by atomic mass is 10.2. The number of nitrogens with zero attached hydrogens (tertiary/aromatic N) is 1. The number of rotatable bonds is 5. The van der Waals surface area contributed by atoms with Crippen molar-refractivity contribution < 1.29 is 14.4 Å². The summed E-state index contributed by atoms with van der Waals surface area (Å²) in [5.41, 5.74) is 0.601. The van der Waals surface area contributed by atoms with Gasteiger partial charge in [-0.05, 0) is 25.1 Å². The van der Waals surface area contributed by atoms with Crippen LogP contribution in [0.1, 0.15) is 12.5 Å². The molecule has 0 aliphatic heterocycles. The molecule has 1 rings (SSSR count). The molecule has 5 nitrogen and oxygen atoms in total. The van der Waals surface area contributed by atoms with Crippen LogP contribution in [0.5, 0.6) is 11.5 Å². The molecule has 15 heavy (non-hydrogen) atoms. The molecule has 82 valence electrons. The van der Waals surface area contributed by atoms with Crippen LogP contribution in [0.4, 0.5) is 0 Å². The first-order valence-electron chi connectivity index (χ1n) is 4.59. The molecule has 0 saturated heterocycles. The molecule has 0 radical (unpaired) electrons. The minimum Gasteiger partial charge on any atom is -0.493 e. The summed E-state index contributed by atoms with van der Waals surface area (Å²) in [6.07, 6.45) is 0. The van der Waals surface area contributed by atoms with Gasteiger partial charge in [-0.15, -0.1) is 0 Å². The predicted molar refractivity (Wildman–Crippen MR) is 54.9 cm³/mol. The number of benzene rings is 1. The van der Waals surface area contributed by atoms with Crippen molar-refractivity contribution in [3.8, 4) is 11.5 Å². The Morgan fingerprint density at radius 3 is 2.67 bits per heavy atom. The Hall–Kier alpha value is -1.78. The van der Waals surface area contributed by atoms with Gasteiger partial charge in [0.1, 0.15) is 0 Å². The van der Waals surface area contributed by atoms with Crippen LogP contribution in [0.15, 0.2) is 18.2 Å². The first kappa shape index (κ1) is 11.3. The zero-order valence-corrected chi connectivity index (χ0v) is 8.73. The number of ether oxygens (including phenoxy) is 2. The summed E-state index contributed by atoms with van der Waals surface area (Å²) in [5, 5.41) is 10.3. The van der Waals surface area contributed by atoms with Crippen LogP contribution in [-0.2, 0) is 6.54 Å². The molecule has 0 N–H and O–H groups in total. The molecule has 0 saturated carbocycles. The minimum atomic E-state index is -0.377. The molecule has 0 spiro atoms. The van der Waals surface area contributed by atoms with E-state index in [1.54, 1.807) is 18.2 Å². The van der Waals surface area contributed by atoms with Crippen molar-refractivity contribution in [1.29, 1.82) is 0 Å². The maximum Gasteiger partial charge on any atom is 0.229 e. The van der Waals surface area contributed by atoms with Crippen LogP contribution >= 0.6 is 0 Å². The van der Waals surface area contributed by atoms with Crippen molar-refractivity contribution in [2.45, 2.75) is 13.5 Å². The average Bonchev–Trinajstić information content (AvgIpc) is 2.18. The molecule has 0 aliphatic carbocycles. The van der Waals surface area contributed by atoms with Gasteiger partial charge in [0.15, 0.2) is 11.5 Å². The van der Waals surface area contributed by atoms with E-state index in [0.29, 0.717) is 23.7 Å². The van der Waals surface area contributed by atoms with Gasteiger partial charge in [0, 0.05) is 10.5 Å². The lowest BCUT2D eigenvalue weighted by Crippen LogP contribution is -2.00. The fraction of sp³-hybridized carbons (Fsp3) is 0.400. The molecule has 0 bridgehead atoms. The van der Waals surface area contributed by atoms with Gasteiger partial charge in [-0.2, -0.15) is 0 Å². The first-order valence-corrected chi connectivity index (χ1v) is 4.59. The maximum atomic E-state index is 10.3. The molecule has 5 heteroatoms. The van der Waals surface area contributed by atoms with Crippen LogP contribution in [-0.4, -0.2) is 18.6 Å². The van der Waals surface area contributed by atoms with Gasteiger partial charge in [-0.1, -0.05) is 0 Å². The van der Waals surface area contributed by atoms with E-state index in [1.165, 1.54) is 7.11 Å². The van der Waals surface area contributed by atoms with E-state index in [2.05, 4.69) is 0 Å². The molecule has 0 unspecified atom stereocenters. The van der Waals surface area contributed by atoms with E-state index in [1.807, 2.05) is 6.92 Å². The largest absolute Gasteiger partial charge is 0.493 e. The van der Waals surface area contributed by atoms with E-state index in [0.717, 1.165) is 0 Å². The number of methoxy groups -OCH3 is 1. The van der Waals surface area contributed by atoms with Crippen LogP contribution in [0, 0.1) is 10.1 Å². The molecule has 0 atom stereocenters.